The summed E-state index contributed by atoms with van der Waals surface area (Å²) >= 11 is 0. The lowest BCUT2D eigenvalue weighted by molar-refractivity contribution is -0.139. The van der Waals surface area contributed by atoms with Crippen LogP contribution in [-0.4, -0.2) is 61.4 Å². The normalized spacial score (nSPS) is 18.2. The molecule has 0 saturated carbocycles. The van der Waals surface area contributed by atoms with E-state index in [1.807, 2.05) is 59.5 Å². The molecule has 2 amide bonds. The molecule has 1 fully saturated rings. The zero-order valence-electron chi connectivity index (χ0n) is 17.7. The number of likely N-dealkylation sites (N-methyl/N-ethyl adjacent to an activating group) is 1. The van der Waals surface area contributed by atoms with Crippen LogP contribution < -0.4 is 10.1 Å². The van der Waals surface area contributed by atoms with E-state index in [0.717, 1.165) is 30.0 Å². The number of hydrogen-bond donors (Lipinski definition) is 1. The number of hydrogen-bond acceptors (Lipinski definition) is 4. The lowest BCUT2D eigenvalue weighted by Crippen LogP contribution is -2.54. The first kappa shape index (κ1) is 21.6. The van der Waals surface area contributed by atoms with Crippen molar-refractivity contribution in [2.75, 3.05) is 33.8 Å². The Labute approximate surface area is 178 Å². The van der Waals surface area contributed by atoms with Crippen molar-refractivity contribution in [1.82, 2.24) is 15.1 Å². The van der Waals surface area contributed by atoms with Crippen molar-refractivity contribution in [3.8, 4) is 5.75 Å². The molecule has 1 N–H and O–H groups in total. The number of nitrogens with zero attached hydrogens (tertiary/aromatic N) is 2. The molecule has 1 aliphatic heterocycles. The number of piperazine rings is 1. The van der Waals surface area contributed by atoms with Crippen molar-refractivity contribution in [3.63, 3.8) is 0 Å². The van der Waals surface area contributed by atoms with Crippen LogP contribution in [0.2, 0.25) is 0 Å². The summed E-state index contributed by atoms with van der Waals surface area (Å²) in [6.07, 6.45) is 3.17. The summed E-state index contributed by atoms with van der Waals surface area (Å²) in [5, 5.41) is 2.80. The van der Waals surface area contributed by atoms with E-state index in [-0.39, 0.29) is 17.9 Å². The van der Waals surface area contributed by atoms with Gasteiger partial charge in [0.25, 0.3) is 0 Å². The van der Waals surface area contributed by atoms with Crippen molar-refractivity contribution in [2.45, 2.75) is 19.0 Å². The molecule has 0 radical (unpaired) electrons. The highest BCUT2D eigenvalue weighted by molar-refractivity contribution is 5.95. The van der Waals surface area contributed by atoms with Gasteiger partial charge in [0.05, 0.1) is 13.2 Å². The Morgan fingerprint density at radius 2 is 1.80 bits per heavy atom. The molecule has 1 aliphatic rings. The average Bonchev–Trinajstić information content (AvgIpc) is 2.78. The van der Waals surface area contributed by atoms with Crippen LogP contribution in [-0.2, 0) is 9.59 Å². The number of methoxy groups -OCH3 is 1. The van der Waals surface area contributed by atoms with E-state index in [1.54, 1.807) is 20.1 Å². The molecule has 1 heterocycles. The smallest absolute Gasteiger partial charge is 0.245 e. The van der Waals surface area contributed by atoms with Crippen LogP contribution in [0.1, 0.15) is 24.1 Å². The number of benzene rings is 2. The third-order valence-corrected chi connectivity index (χ3v) is 5.32. The van der Waals surface area contributed by atoms with Gasteiger partial charge in [-0.05, 0) is 43.3 Å². The highest BCUT2D eigenvalue weighted by Gasteiger charge is 2.32. The Balaban J connectivity index is 1.63. The lowest BCUT2D eigenvalue weighted by atomic mass is 10.0. The Morgan fingerprint density at radius 1 is 1.10 bits per heavy atom. The Bertz CT molecular complexity index is 880. The molecule has 2 aromatic carbocycles. The second-order valence-electron chi connectivity index (χ2n) is 7.56. The van der Waals surface area contributed by atoms with Gasteiger partial charge in [0.2, 0.25) is 11.8 Å². The largest absolute Gasteiger partial charge is 0.497 e. The minimum atomic E-state index is -0.604. The second-order valence-corrected chi connectivity index (χ2v) is 7.56. The van der Waals surface area contributed by atoms with Crippen LogP contribution in [0, 0.1) is 0 Å². The van der Waals surface area contributed by atoms with Gasteiger partial charge >= 0.3 is 0 Å². The van der Waals surface area contributed by atoms with Gasteiger partial charge in [-0.15, -0.1) is 0 Å². The van der Waals surface area contributed by atoms with E-state index in [1.165, 1.54) is 6.08 Å². The summed E-state index contributed by atoms with van der Waals surface area (Å²) in [4.78, 5) is 29.6. The van der Waals surface area contributed by atoms with Crippen LogP contribution in [0.4, 0.5) is 0 Å². The van der Waals surface area contributed by atoms with Gasteiger partial charge in [0.15, 0.2) is 0 Å². The molecule has 6 nitrogen and oxygen atoms in total. The fourth-order valence-corrected chi connectivity index (χ4v) is 3.60. The second kappa shape index (κ2) is 10.1. The predicted octanol–water partition coefficient (Wildman–Crippen LogP) is 2.73. The minimum absolute atomic E-state index is 0.0216. The van der Waals surface area contributed by atoms with Crippen LogP contribution >= 0.6 is 0 Å². The molecule has 6 heteroatoms. The molecule has 0 bridgehead atoms. The molecular formula is C24H29N3O3. The van der Waals surface area contributed by atoms with Crippen LogP contribution in [0.3, 0.4) is 0 Å². The summed E-state index contributed by atoms with van der Waals surface area (Å²) in [6, 6.07) is 16.8. The molecule has 158 valence electrons. The fraction of sp³-hybridized carbons (Fsp3) is 0.333. The topological polar surface area (TPSA) is 61.9 Å². The first-order chi connectivity index (χ1) is 14.5. The number of nitrogens with one attached hydrogen (secondary N) is 1. The van der Waals surface area contributed by atoms with E-state index in [0.29, 0.717) is 6.54 Å². The summed E-state index contributed by atoms with van der Waals surface area (Å²) in [5.41, 5.74) is 1.99. The Morgan fingerprint density at radius 3 is 2.47 bits per heavy atom. The molecule has 0 spiro atoms. The first-order valence-electron chi connectivity index (χ1n) is 10.1. The van der Waals surface area contributed by atoms with Crippen LogP contribution in [0.25, 0.3) is 6.08 Å². The number of carbonyl (C=O) groups excluding carboxylic acids is 2. The van der Waals surface area contributed by atoms with Crippen molar-refractivity contribution >= 4 is 17.9 Å². The maximum atomic E-state index is 13.1. The maximum Gasteiger partial charge on any atom is 0.245 e. The van der Waals surface area contributed by atoms with Crippen molar-refractivity contribution < 1.29 is 14.3 Å². The third-order valence-electron chi connectivity index (χ3n) is 5.32. The van der Waals surface area contributed by atoms with E-state index < -0.39 is 6.04 Å². The SMILES string of the molecule is COc1ccc(/C=C/C(=O)NC(C)C(=O)N2CCN(C)CC2c2ccccc2)cc1. The molecule has 1 saturated heterocycles. The third kappa shape index (κ3) is 5.48. The van der Waals surface area contributed by atoms with E-state index in [2.05, 4.69) is 17.3 Å². The summed E-state index contributed by atoms with van der Waals surface area (Å²) in [5.74, 6) is 0.399. The molecular weight excluding hydrogens is 378 g/mol. The maximum absolute atomic E-state index is 13.1. The van der Waals surface area contributed by atoms with Gasteiger partial charge in [-0.3, -0.25) is 9.59 Å². The first-order valence-corrected chi connectivity index (χ1v) is 10.1. The van der Waals surface area contributed by atoms with Crippen molar-refractivity contribution in [3.05, 3.63) is 71.8 Å². The van der Waals surface area contributed by atoms with Gasteiger partial charge < -0.3 is 19.9 Å². The number of carbonyl (C=O) groups is 2. The zero-order valence-corrected chi connectivity index (χ0v) is 17.7. The van der Waals surface area contributed by atoms with Gasteiger partial charge in [-0.2, -0.15) is 0 Å². The van der Waals surface area contributed by atoms with Crippen molar-refractivity contribution in [2.24, 2.45) is 0 Å². The Hall–Kier alpha value is -3.12. The van der Waals surface area contributed by atoms with Crippen molar-refractivity contribution in [1.29, 1.82) is 0 Å². The summed E-state index contributed by atoms with van der Waals surface area (Å²) < 4.78 is 5.13. The van der Waals surface area contributed by atoms with Gasteiger partial charge in [0, 0.05) is 25.7 Å². The van der Waals surface area contributed by atoms with Crippen LogP contribution in [0.15, 0.2) is 60.7 Å². The van der Waals surface area contributed by atoms with E-state index in [9.17, 15) is 9.59 Å². The number of amides is 2. The Kier molecular flexibility index (Phi) is 7.25. The molecule has 0 aliphatic carbocycles. The summed E-state index contributed by atoms with van der Waals surface area (Å²) in [7, 11) is 3.67. The standard InChI is InChI=1S/C24H29N3O3/c1-18(25-23(28)14-11-19-9-12-21(30-3)13-10-19)24(29)27-16-15-26(2)17-22(27)20-7-5-4-6-8-20/h4-14,18,22H,15-17H2,1-3H3,(H,25,28)/b14-11+. The molecule has 2 aromatic rings. The minimum Gasteiger partial charge on any atom is -0.497 e. The monoisotopic (exact) mass is 407 g/mol. The molecule has 2 atom stereocenters. The molecule has 2 unspecified atom stereocenters. The summed E-state index contributed by atoms with van der Waals surface area (Å²) in [6.45, 7) is 3.96. The van der Waals surface area contributed by atoms with Crippen LogP contribution in [0.5, 0.6) is 5.75 Å². The predicted molar refractivity (Wildman–Crippen MR) is 118 cm³/mol. The molecule has 0 aromatic heterocycles. The quantitative estimate of drug-likeness (QED) is 0.748. The van der Waals surface area contributed by atoms with E-state index >= 15 is 0 Å². The fourth-order valence-electron chi connectivity index (χ4n) is 3.60. The van der Waals surface area contributed by atoms with Gasteiger partial charge in [-0.25, -0.2) is 0 Å². The highest BCUT2D eigenvalue weighted by Crippen LogP contribution is 2.25. The van der Waals surface area contributed by atoms with Gasteiger partial charge in [0.1, 0.15) is 11.8 Å². The lowest BCUT2D eigenvalue weighted by Gasteiger charge is -2.41. The zero-order chi connectivity index (χ0) is 21.5. The van der Waals surface area contributed by atoms with Gasteiger partial charge in [-0.1, -0.05) is 42.5 Å². The molecule has 30 heavy (non-hydrogen) atoms. The molecule has 3 rings (SSSR count). The highest BCUT2D eigenvalue weighted by atomic mass is 16.5. The van der Waals surface area contributed by atoms with E-state index in [4.69, 9.17) is 4.74 Å². The number of rotatable bonds is 6. The number of ether oxygens (including phenoxy) is 1. The average molecular weight is 408 g/mol.